The van der Waals surface area contributed by atoms with Crippen LogP contribution >= 0.6 is 39.1 Å². The summed E-state index contributed by atoms with van der Waals surface area (Å²) in [7, 11) is -4.06. The Morgan fingerprint density at radius 1 is 0.925 bits per heavy atom. The third-order valence-electron chi connectivity index (χ3n) is 5.96. The first-order valence-electron chi connectivity index (χ1n) is 12.2. The van der Waals surface area contributed by atoms with E-state index in [-0.39, 0.29) is 22.1 Å². The molecule has 0 aliphatic heterocycles. The Hall–Kier alpha value is -3.04. The summed E-state index contributed by atoms with van der Waals surface area (Å²) in [6.07, 6.45) is 0. The summed E-state index contributed by atoms with van der Waals surface area (Å²) in [5.74, 6) is 0.510. The zero-order chi connectivity index (χ0) is 29.1. The summed E-state index contributed by atoms with van der Waals surface area (Å²) in [6, 6.07) is 25.1. The molecule has 1 N–H and O–H groups in total. The van der Waals surface area contributed by atoms with E-state index in [2.05, 4.69) is 20.7 Å². The fourth-order valence-corrected chi connectivity index (χ4v) is 5.55. The maximum Gasteiger partial charge on any atom is 0.261 e. The van der Waals surface area contributed by atoms with Crippen LogP contribution in [0.5, 0.6) is 11.5 Å². The molecule has 208 valence electrons. The maximum atomic E-state index is 13.9. The van der Waals surface area contributed by atoms with Crippen LogP contribution in [-0.2, 0) is 16.6 Å². The van der Waals surface area contributed by atoms with Crippen LogP contribution in [0.2, 0.25) is 10.0 Å². The summed E-state index contributed by atoms with van der Waals surface area (Å²) in [5.41, 5.74) is 0.618. The molecule has 0 aromatic heterocycles. The first-order valence-corrected chi connectivity index (χ1v) is 15.3. The number of para-hydroxylation sites is 1. The molecule has 0 heterocycles. The summed E-state index contributed by atoms with van der Waals surface area (Å²) >= 11 is 15.8. The molecule has 0 saturated heterocycles. The van der Waals surface area contributed by atoms with Gasteiger partial charge in [-0.05, 0) is 93.1 Å². The molecule has 0 spiro atoms. The molecule has 0 atom stereocenters. The van der Waals surface area contributed by atoms with Gasteiger partial charge in [-0.2, -0.15) is 0 Å². The highest BCUT2D eigenvalue weighted by Crippen LogP contribution is 2.31. The van der Waals surface area contributed by atoms with Crippen LogP contribution in [0.25, 0.3) is 0 Å². The zero-order valence-electron chi connectivity index (χ0n) is 22.0. The summed E-state index contributed by atoms with van der Waals surface area (Å²) < 4.78 is 35.9. The molecule has 6 nitrogen and oxygen atoms in total. The topological polar surface area (TPSA) is 75.7 Å². The van der Waals surface area contributed by atoms with Gasteiger partial charge in [-0.25, -0.2) is 8.42 Å². The van der Waals surface area contributed by atoms with Crippen molar-refractivity contribution in [1.82, 2.24) is 4.90 Å². The first-order chi connectivity index (χ1) is 18.8. The highest BCUT2D eigenvalue weighted by Gasteiger charge is 2.30. The molecule has 0 fully saturated rings. The molecular weight excluding hydrogens is 635 g/mol. The molecule has 0 aliphatic rings. The van der Waals surface area contributed by atoms with Gasteiger partial charge in [0.15, 0.2) is 0 Å². The van der Waals surface area contributed by atoms with Gasteiger partial charge in [0.25, 0.3) is 15.9 Å². The van der Waals surface area contributed by atoms with Gasteiger partial charge >= 0.3 is 0 Å². The van der Waals surface area contributed by atoms with Crippen LogP contribution < -0.4 is 9.46 Å². The monoisotopic (exact) mass is 660 g/mol. The SMILES string of the molecule is CC(C)(C)N(Cc1ccc(Br)cc1)C(=O)c1cc(Cl)ccc1NS(=O)(=O)c1ccc(Oc2ccccc2Cl)cc1. The number of rotatable bonds is 8. The fourth-order valence-electron chi connectivity index (χ4n) is 3.86. The van der Waals surface area contributed by atoms with Crippen LogP contribution in [0.15, 0.2) is 100 Å². The molecular formula is C30H27BrCl2N2O4S. The lowest BCUT2D eigenvalue weighted by Gasteiger charge is -2.36. The third-order valence-corrected chi connectivity index (χ3v) is 8.42. The van der Waals surface area contributed by atoms with Crippen molar-refractivity contribution in [3.8, 4) is 11.5 Å². The Balaban J connectivity index is 1.61. The highest BCUT2D eigenvalue weighted by atomic mass is 79.9. The normalized spacial score (nSPS) is 11.7. The standard InChI is InChI=1S/C30H27BrCl2N2O4S/c1-30(2,3)35(19-20-8-10-21(31)11-9-20)29(36)25-18-22(32)12-17-27(25)34-40(37,38)24-15-13-23(14-16-24)39-28-7-5-4-6-26(28)33/h4-18,34H,19H2,1-3H3. The Labute approximate surface area is 253 Å². The smallest absolute Gasteiger partial charge is 0.261 e. The molecule has 1 amide bonds. The van der Waals surface area contributed by atoms with E-state index in [4.69, 9.17) is 27.9 Å². The number of carbonyl (C=O) groups is 1. The number of ether oxygens (including phenoxy) is 1. The second kappa shape index (κ2) is 12.2. The van der Waals surface area contributed by atoms with Crippen molar-refractivity contribution in [3.05, 3.63) is 117 Å². The molecule has 40 heavy (non-hydrogen) atoms. The quantitative estimate of drug-likeness (QED) is 0.205. The number of benzene rings is 4. The Morgan fingerprint density at radius 2 is 1.57 bits per heavy atom. The van der Waals surface area contributed by atoms with Crippen LogP contribution in [-0.4, -0.2) is 24.8 Å². The minimum absolute atomic E-state index is 0.00472. The van der Waals surface area contributed by atoms with E-state index < -0.39 is 15.6 Å². The lowest BCUT2D eigenvalue weighted by molar-refractivity contribution is 0.0560. The van der Waals surface area contributed by atoms with Crippen molar-refractivity contribution in [2.24, 2.45) is 0 Å². The minimum Gasteiger partial charge on any atom is -0.456 e. The molecule has 0 aliphatic carbocycles. The van der Waals surface area contributed by atoms with Crippen molar-refractivity contribution >= 4 is 60.7 Å². The van der Waals surface area contributed by atoms with Gasteiger partial charge in [0, 0.05) is 21.6 Å². The number of halogens is 3. The van der Waals surface area contributed by atoms with Crippen molar-refractivity contribution in [2.75, 3.05) is 4.72 Å². The number of sulfonamides is 1. The van der Waals surface area contributed by atoms with Crippen molar-refractivity contribution in [3.63, 3.8) is 0 Å². The van der Waals surface area contributed by atoms with Gasteiger partial charge in [-0.15, -0.1) is 0 Å². The molecule has 4 aromatic rings. The Morgan fingerprint density at radius 3 is 2.20 bits per heavy atom. The summed E-state index contributed by atoms with van der Waals surface area (Å²) in [5, 5.41) is 0.745. The number of carbonyl (C=O) groups excluding carboxylic acids is 1. The van der Waals surface area contributed by atoms with E-state index in [1.165, 1.54) is 42.5 Å². The van der Waals surface area contributed by atoms with E-state index in [1.807, 2.05) is 45.0 Å². The van der Waals surface area contributed by atoms with Gasteiger partial charge in [0.2, 0.25) is 0 Å². The molecule has 0 radical (unpaired) electrons. The van der Waals surface area contributed by atoms with E-state index in [0.717, 1.165) is 10.0 Å². The maximum absolute atomic E-state index is 13.9. The average molecular weight is 662 g/mol. The molecule has 4 rings (SSSR count). The zero-order valence-corrected chi connectivity index (χ0v) is 25.9. The van der Waals surface area contributed by atoms with Crippen LogP contribution in [0.3, 0.4) is 0 Å². The van der Waals surface area contributed by atoms with E-state index in [1.54, 1.807) is 29.2 Å². The highest BCUT2D eigenvalue weighted by molar-refractivity contribution is 9.10. The number of nitrogens with one attached hydrogen (secondary N) is 1. The molecule has 0 saturated carbocycles. The molecule has 10 heteroatoms. The number of anilines is 1. The largest absolute Gasteiger partial charge is 0.456 e. The van der Waals surface area contributed by atoms with Gasteiger partial charge < -0.3 is 9.64 Å². The van der Waals surface area contributed by atoms with Gasteiger partial charge in [-0.1, -0.05) is 63.4 Å². The molecule has 0 bridgehead atoms. The third kappa shape index (κ3) is 7.37. The van der Waals surface area contributed by atoms with E-state index >= 15 is 0 Å². The first kappa shape index (κ1) is 29.9. The summed E-state index contributed by atoms with van der Waals surface area (Å²) in [6.45, 7) is 6.08. The molecule has 0 unspecified atom stereocenters. The Kier molecular flexibility index (Phi) is 9.15. The van der Waals surface area contributed by atoms with Crippen LogP contribution in [0, 0.1) is 0 Å². The minimum atomic E-state index is -4.06. The van der Waals surface area contributed by atoms with Crippen molar-refractivity contribution in [1.29, 1.82) is 0 Å². The van der Waals surface area contributed by atoms with Crippen molar-refractivity contribution < 1.29 is 17.9 Å². The second-order valence-electron chi connectivity index (χ2n) is 9.99. The number of nitrogens with zero attached hydrogens (tertiary/aromatic N) is 1. The average Bonchev–Trinajstić information content (AvgIpc) is 2.90. The van der Waals surface area contributed by atoms with Gasteiger partial charge in [0.1, 0.15) is 11.5 Å². The van der Waals surface area contributed by atoms with Crippen LogP contribution in [0.1, 0.15) is 36.7 Å². The molecule has 4 aromatic carbocycles. The fraction of sp³-hybridized carbons (Fsp3) is 0.167. The number of amides is 1. The van der Waals surface area contributed by atoms with E-state index in [0.29, 0.717) is 28.1 Å². The number of hydrogen-bond donors (Lipinski definition) is 1. The number of hydrogen-bond acceptors (Lipinski definition) is 4. The van der Waals surface area contributed by atoms with E-state index in [9.17, 15) is 13.2 Å². The van der Waals surface area contributed by atoms with Crippen LogP contribution in [0.4, 0.5) is 5.69 Å². The second-order valence-corrected chi connectivity index (χ2v) is 13.4. The lowest BCUT2D eigenvalue weighted by atomic mass is 10.0. The Bertz CT molecular complexity index is 1620. The van der Waals surface area contributed by atoms with Gasteiger partial charge in [0.05, 0.1) is 21.2 Å². The predicted octanol–water partition coefficient (Wildman–Crippen LogP) is 8.79. The summed E-state index contributed by atoms with van der Waals surface area (Å²) in [4.78, 5) is 15.6. The van der Waals surface area contributed by atoms with Gasteiger partial charge in [-0.3, -0.25) is 9.52 Å². The predicted molar refractivity (Wildman–Crippen MR) is 164 cm³/mol. The lowest BCUT2D eigenvalue weighted by Crippen LogP contribution is -2.45. The van der Waals surface area contributed by atoms with Crippen molar-refractivity contribution in [2.45, 2.75) is 37.8 Å².